The summed E-state index contributed by atoms with van der Waals surface area (Å²) < 4.78 is 12.8. The highest BCUT2D eigenvalue weighted by Crippen LogP contribution is 2.30. The minimum atomic E-state index is -0.242. The van der Waals surface area contributed by atoms with E-state index in [1.54, 1.807) is 12.1 Å². The molecule has 86 valence electrons. The third-order valence-corrected chi connectivity index (χ3v) is 2.95. The quantitative estimate of drug-likeness (QED) is 0.761. The minimum Gasteiger partial charge on any atom is -0.364 e. The summed E-state index contributed by atoms with van der Waals surface area (Å²) in [5, 5.41) is 0. The predicted molar refractivity (Wildman–Crippen MR) is 62.0 cm³/mol. The van der Waals surface area contributed by atoms with Crippen LogP contribution in [-0.2, 0) is 4.79 Å². The summed E-state index contributed by atoms with van der Waals surface area (Å²) in [5.74, 6) is 0.356. The minimum absolute atomic E-state index is 0.242. The van der Waals surface area contributed by atoms with Gasteiger partial charge in [-0.3, -0.25) is 4.79 Å². The van der Waals surface area contributed by atoms with Gasteiger partial charge in [0.2, 0.25) is 0 Å². The van der Waals surface area contributed by atoms with Crippen LogP contribution in [0.25, 0.3) is 0 Å². The molecule has 2 rings (SSSR count). The maximum atomic E-state index is 12.8. The van der Waals surface area contributed by atoms with Crippen molar-refractivity contribution in [1.29, 1.82) is 0 Å². The zero-order valence-corrected chi connectivity index (χ0v) is 9.45. The van der Waals surface area contributed by atoms with Crippen LogP contribution in [0.4, 0.5) is 10.1 Å². The normalized spacial score (nSPS) is 14.9. The first-order valence-corrected chi connectivity index (χ1v) is 5.74. The number of hydrogen-bond donors (Lipinski definition) is 0. The van der Waals surface area contributed by atoms with Gasteiger partial charge in [0.1, 0.15) is 5.82 Å². The molecule has 0 aromatic heterocycles. The molecule has 1 aromatic carbocycles. The molecule has 0 saturated heterocycles. The van der Waals surface area contributed by atoms with Gasteiger partial charge in [-0.1, -0.05) is 0 Å². The van der Waals surface area contributed by atoms with E-state index in [-0.39, 0.29) is 11.7 Å². The molecule has 0 unspecified atom stereocenters. The van der Waals surface area contributed by atoms with Gasteiger partial charge in [0.25, 0.3) is 0 Å². The van der Waals surface area contributed by atoms with Gasteiger partial charge in [0, 0.05) is 18.2 Å². The molecule has 0 spiro atoms. The highest BCUT2D eigenvalue weighted by atomic mass is 19.1. The molecule has 0 atom stereocenters. The van der Waals surface area contributed by atoms with Crippen LogP contribution in [0.15, 0.2) is 24.3 Å². The fraction of sp³-hybridized carbons (Fsp3) is 0.462. The molecule has 1 aromatic rings. The molecule has 1 aliphatic carbocycles. The Morgan fingerprint density at radius 3 is 2.50 bits per heavy atom. The number of anilines is 1. The van der Waals surface area contributed by atoms with Gasteiger partial charge in [-0.25, -0.2) is 4.39 Å². The zero-order valence-electron chi connectivity index (χ0n) is 9.45. The molecule has 16 heavy (non-hydrogen) atoms. The van der Waals surface area contributed by atoms with Crippen LogP contribution in [0.3, 0.4) is 0 Å². The van der Waals surface area contributed by atoms with E-state index in [4.69, 9.17) is 0 Å². The van der Waals surface area contributed by atoms with Crippen molar-refractivity contribution < 1.29 is 9.18 Å². The number of nitrogens with zero attached hydrogens (tertiary/aromatic N) is 1. The first kappa shape index (κ1) is 11.1. The lowest BCUT2D eigenvalue weighted by Crippen LogP contribution is -2.30. The van der Waals surface area contributed by atoms with Crippen molar-refractivity contribution in [2.45, 2.75) is 19.8 Å². The average molecular weight is 221 g/mol. The van der Waals surface area contributed by atoms with Crippen LogP contribution < -0.4 is 4.90 Å². The number of carbonyl (C=O) groups excluding carboxylic acids is 1. The van der Waals surface area contributed by atoms with Crippen molar-refractivity contribution >= 4 is 11.5 Å². The third-order valence-electron chi connectivity index (χ3n) is 2.95. The molecule has 0 radical (unpaired) electrons. The lowest BCUT2D eigenvalue weighted by molar-refractivity contribution is -0.118. The van der Waals surface area contributed by atoms with Gasteiger partial charge in [0.05, 0.1) is 6.54 Å². The highest BCUT2D eigenvalue weighted by molar-refractivity contribution is 5.87. The fourth-order valence-corrected chi connectivity index (χ4v) is 1.76. The Morgan fingerprint density at radius 2 is 2.00 bits per heavy atom. The summed E-state index contributed by atoms with van der Waals surface area (Å²) in [6.07, 6.45) is 2.08. The largest absolute Gasteiger partial charge is 0.364 e. The Morgan fingerprint density at radius 1 is 1.38 bits per heavy atom. The molecular weight excluding hydrogens is 205 g/mol. The Labute approximate surface area is 95.1 Å². The van der Waals surface area contributed by atoms with Crippen molar-refractivity contribution in [3.05, 3.63) is 30.1 Å². The molecular formula is C13H16FNO. The molecule has 1 aliphatic rings. The van der Waals surface area contributed by atoms with Gasteiger partial charge in [-0.2, -0.15) is 0 Å². The van der Waals surface area contributed by atoms with Crippen LogP contribution >= 0.6 is 0 Å². The van der Waals surface area contributed by atoms with Crippen molar-refractivity contribution in [3.63, 3.8) is 0 Å². The molecule has 3 heteroatoms. The van der Waals surface area contributed by atoms with E-state index in [0.717, 1.165) is 25.1 Å². The standard InChI is InChI=1S/C13H16FNO/c1-2-15(9-13(16)10-3-4-10)12-7-5-11(14)6-8-12/h5-8,10H,2-4,9H2,1H3. The first-order chi connectivity index (χ1) is 7.70. The summed E-state index contributed by atoms with van der Waals surface area (Å²) in [7, 11) is 0. The molecule has 0 bridgehead atoms. The van der Waals surface area contributed by atoms with Gasteiger partial charge in [0.15, 0.2) is 5.78 Å². The number of Topliss-reactive ketones (excluding diaryl/α,β-unsaturated/α-hetero) is 1. The maximum Gasteiger partial charge on any atom is 0.155 e. The van der Waals surface area contributed by atoms with Crippen molar-refractivity contribution in [2.75, 3.05) is 18.0 Å². The van der Waals surface area contributed by atoms with Crippen LogP contribution in [-0.4, -0.2) is 18.9 Å². The second kappa shape index (κ2) is 4.64. The summed E-state index contributed by atoms with van der Waals surface area (Å²) in [5.41, 5.74) is 0.915. The fourth-order valence-electron chi connectivity index (χ4n) is 1.76. The highest BCUT2D eigenvalue weighted by Gasteiger charge is 2.30. The van der Waals surface area contributed by atoms with E-state index in [1.807, 2.05) is 11.8 Å². The topological polar surface area (TPSA) is 20.3 Å². The van der Waals surface area contributed by atoms with Gasteiger partial charge >= 0.3 is 0 Å². The molecule has 0 aliphatic heterocycles. The average Bonchev–Trinajstić information content (AvgIpc) is 3.11. The second-order valence-electron chi connectivity index (χ2n) is 4.23. The number of halogens is 1. The van der Waals surface area contributed by atoms with Crippen molar-refractivity contribution in [3.8, 4) is 0 Å². The van der Waals surface area contributed by atoms with E-state index < -0.39 is 0 Å². The Kier molecular flexibility index (Phi) is 3.22. The summed E-state index contributed by atoms with van der Waals surface area (Å²) in [4.78, 5) is 13.7. The van der Waals surface area contributed by atoms with Gasteiger partial charge < -0.3 is 4.90 Å². The number of hydrogen-bond acceptors (Lipinski definition) is 2. The smallest absolute Gasteiger partial charge is 0.155 e. The van der Waals surface area contributed by atoms with E-state index in [1.165, 1.54) is 12.1 Å². The first-order valence-electron chi connectivity index (χ1n) is 5.74. The molecule has 1 fully saturated rings. The van der Waals surface area contributed by atoms with E-state index in [0.29, 0.717) is 12.3 Å². The predicted octanol–water partition coefficient (Wildman–Crippen LogP) is 2.63. The molecule has 0 amide bonds. The Bertz CT molecular complexity index is 370. The summed E-state index contributed by atoms with van der Waals surface area (Å²) in [6.45, 7) is 3.22. The van der Waals surface area contributed by atoms with Crippen LogP contribution in [0.2, 0.25) is 0 Å². The summed E-state index contributed by atoms with van der Waals surface area (Å²) in [6, 6.07) is 6.30. The Balaban J connectivity index is 2.03. The number of likely N-dealkylation sites (N-methyl/N-ethyl adjacent to an activating group) is 1. The Hall–Kier alpha value is -1.38. The SMILES string of the molecule is CCN(CC(=O)C1CC1)c1ccc(F)cc1. The van der Waals surface area contributed by atoms with Crippen molar-refractivity contribution in [2.24, 2.45) is 5.92 Å². The van der Waals surface area contributed by atoms with Crippen LogP contribution in [0.1, 0.15) is 19.8 Å². The summed E-state index contributed by atoms with van der Waals surface area (Å²) >= 11 is 0. The van der Waals surface area contributed by atoms with Crippen LogP contribution in [0.5, 0.6) is 0 Å². The van der Waals surface area contributed by atoms with Crippen molar-refractivity contribution in [1.82, 2.24) is 0 Å². The van der Waals surface area contributed by atoms with Gasteiger partial charge in [-0.05, 0) is 44.0 Å². The van der Waals surface area contributed by atoms with E-state index in [9.17, 15) is 9.18 Å². The van der Waals surface area contributed by atoms with Crippen LogP contribution in [0, 0.1) is 11.7 Å². The lowest BCUT2D eigenvalue weighted by atomic mass is 10.2. The molecule has 0 heterocycles. The lowest BCUT2D eigenvalue weighted by Gasteiger charge is -2.22. The molecule has 2 nitrogen and oxygen atoms in total. The zero-order chi connectivity index (χ0) is 11.5. The monoisotopic (exact) mass is 221 g/mol. The van der Waals surface area contributed by atoms with E-state index in [2.05, 4.69) is 0 Å². The molecule has 1 saturated carbocycles. The molecule has 0 N–H and O–H groups in total. The second-order valence-corrected chi connectivity index (χ2v) is 4.23. The number of ketones is 1. The van der Waals surface area contributed by atoms with E-state index >= 15 is 0 Å². The van der Waals surface area contributed by atoms with Gasteiger partial charge in [-0.15, -0.1) is 0 Å². The maximum absolute atomic E-state index is 12.8. The number of carbonyl (C=O) groups is 1. The number of benzene rings is 1. The number of rotatable bonds is 5. The third kappa shape index (κ3) is 2.60.